The molecule has 4 heteroatoms. The molecule has 0 heterocycles. The number of aryl methyl sites for hydroxylation is 2. The molecule has 52 heavy (non-hydrogen) atoms. The topological polar surface area (TPSA) is 40.2 Å². The fraction of sp³-hybridized carbons (Fsp3) is 0.708. The molecule has 8 atom stereocenters. The predicted molar refractivity (Wildman–Crippen MR) is 228 cm³/mol. The Morgan fingerprint density at radius 3 is 1.10 bits per heavy atom. The van der Waals surface area contributed by atoms with Crippen LogP contribution in [0.15, 0.2) is 48.5 Å². The zero-order valence-corrected chi connectivity index (χ0v) is 38.4. The van der Waals surface area contributed by atoms with E-state index in [1.165, 1.54) is 49.7 Å². The molecule has 2 aliphatic carbocycles. The number of unbranched alkanes of at least 4 members (excludes halogenated alkanes) is 2. The molecule has 2 aliphatic rings. The molecule has 0 bridgehead atoms. The first kappa shape index (κ1) is 49.0. The maximum absolute atomic E-state index is 5.13. The largest absolute Gasteiger partial charge is 4.00 e. The van der Waals surface area contributed by atoms with Gasteiger partial charge < -0.3 is 16.0 Å². The molecule has 2 aromatic carbocycles. The molecule has 4 rings (SSSR count). The maximum Gasteiger partial charge on any atom is 4.00 e. The van der Waals surface area contributed by atoms with Crippen LogP contribution >= 0.6 is 0 Å². The minimum absolute atomic E-state index is 0. The van der Waals surface area contributed by atoms with Gasteiger partial charge in [-0.3, -0.25) is 0 Å². The van der Waals surface area contributed by atoms with Crippen molar-refractivity contribution in [1.82, 2.24) is 5.32 Å². The van der Waals surface area contributed by atoms with Crippen LogP contribution in [-0.4, -0.2) is 38.3 Å². The van der Waals surface area contributed by atoms with Gasteiger partial charge >= 0.3 is 26.2 Å². The summed E-state index contributed by atoms with van der Waals surface area (Å²) in [5.41, 5.74) is 5.08. The van der Waals surface area contributed by atoms with Crippen molar-refractivity contribution in [3.05, 3.63) is 95.3 Å². The van der Waals surface area contributed by atoms with Crippen molar-refractivity contribution in [1.29, 1.82) is 0 Å². The summed E-state index contributed by atoms with van der Waals surface area (Å²) in [7, 11) is 0. The zero-order valence-electron chi connectivity index (χ0n) is 35.9. The molecule has 3 nitrogen and oxygen atoms in total. The minimum Gasteiger partial charge on any atom is -0.658 e. The normalized spacial score (nSPS) is 31.3. The third kappa shape index (κ3) is 15.6. The van der Waals surface area contributed by atoms with E-state index < -0.39 is 0 Å². The molecule has 0 radical (unpaired) electrons. The Hall–Kier alpha value is -1.06. The summed E-state index contributed by atoms with van der Waals surface area (Å²) < 4.78 is 0. The molecule has 2 saturated carbocycles. The van der Waals surface area contributed by atoms with E-state index in [1.54, 1.807) is 0 Å². The van der Waals surface area contributed by atoms with Gasteiger partial charge in [-0.2, -0.15) is 49.2 Å². The van der Waals surface area contributed by atoms with E-state index in [4.69, 9.17) is 10.6 Å². The van der Waals surface area contributed by atoms with E-state index in [2.05, 4.69) is 139 Å². The van der Waals surface area contributed by atoms with Crippen LogP contribution in [0.5, 0.6) is 0 Å². The van der Waals surface area contributed by atoms with Gasteiger partial charge in [0.25, 0.3) is 0 Å². The molecule has 1 N–H and O–H groups in total. The van der Waals surface area contributed by atoms with Crippen LogP contribution in [0, 0.1) is 73.0 Å². The van der Waals surface area contributed by atoms with Crippen molar-refractivity contribution < 1.29 is 26.2 Å². The average molecular weight is 791 g/mol. The molecule has 0 unspecified atom stereocenters. The third-order valence-corrected chi connectivity index (χ3v) is 13.7. The molecule has 0 aromatic heterocycles. The Bertz CT molecular complexity index is 1080. The van der Waals surface area contributed by atoms with Gasteiger partial charge in [0, 0.05) is 0 Å². The van der Waals surface area contributed by atoms with Crippen molar-refractivity contribution in [2.75, 3.05) is 26.2 Å². The Balaban J connectivity index is 0.000000479. The van der Waals surface area contributed by atoms with E-state index in [-0.39, 0.29) is 26.2 Å². The second-order valence-electron chi connectivity index (χ2n) is 17.0. The van der Waals surface area contributed by atoms with Crippen LogP contribution < -0.4 is 5.32 Å². The third-order valence-electron chi connectivity index (χ3n) is 13.7. The van der Waals surface area contributed by atoms with Crippen molar-refractivity contribution in [2.24, 2.45) is 59.2 Å². The molecular formula is C48H81N3Zr. The van der Waals surface area contributed by atoms with Crippen LogP contribution in [0.4, 0.5) is 0 Å². The molecule has 2 aromatic rings. The zero-order chi connectivity index (χ0) is 38.1. The van der Waals surface area contributed by atoms with E-state index in [0.29, 0.717) is 35.8 Å². The first-order valence-corrected chi connectivity index (χ1v) is 21.1. The quantitative estimate of drug-likeness (QED) is 0.150. The van der Waals surface area contributed by atoms with Crippen LogP contribution in [0.25, 0.3) is 10.6 Å². The monoisotopic (exact) mass is 790 g/mol. The summed E-state index contributed by atoms with van der Waals surface area (Å²) in [5, 5.41) is 13.9. The van der Waals surface area contributed by atoms with Gasteiger partial charge in [0.15, 0.2) is 0 Å². The minimum atomic E-state index is 0. The first-order chi connectivity index (χ1) is 24.2. The van der Waals surface area contributed by atoms with Crippen molar-refractivity contribution in [3.8, 4) is 0 Å². The molecule has 0 aliphatic heterocycles. The van der Waals surface area contributed by atoms with E-state index in [1.807, 2.05) is 12.1 Å². The van der Waals surface area contributed by atoms with Gasteiger partial charge in [0.1, 0.15) is 0 Å². The number of hydrogen-bond acceptors (Lipinski definition) is 1. The SMILES string of the molecule is CC1[C@@H](C)[C@@H](C)C([N-]CCNCC[N-]C2[C@@H](C)[C@@H](C)C(C)[C@H](C)[C@@H]2C)[C@H](C)[C@@H]1C.[CH2-]c1cccc(CCCC)c1.[CH2-]c1cccc(CCCC)c1.[Zr+4]. The van der Waals surface area contributed by atoms with Crippen molar-refractivity contribution in [2.45, 2.75) is 134 Å². The first-order valence-electron chi connectivity index (χ1n) is 21.1. The van der Waals surface area contributed by atoms with Crippen molar-refractivity contribution >= 4 is 0 Å². The molecule has 0 saturated heterocycles. The summed E-state index contributed by atoms with van der Waals surface area (Å²) in [6, 6.07) is 17.9. The van der Waals surface area contributed by atoms with E-state index >= 15 is 0 Å². The van der Waals surface area contributed by atoms with Gasteiger partial charge in [-0.1, -0.05) is 145 Å². The maximum atomic E-state index is 5.13. The average Bonchev–Trinajstić information content (AvgIpc) is 3.12. The second kappa shape index (κ2) is 25.9. The number of rotatable bonds is 14. The smallest absolute Gasteiger partial charge is 0.658 e. The standard InChI is InChI=1S/C26H51N3.2C11H15.Zr/c1-15-17(3)21(7)25(22(8)18(15)4)28-13-11-27-12-14-29-26-23(9)19(5)16(2)20(6)24(26)10;2*1-3-4-7-11-8-5-6-10(2)9-11;/h15-27H,11-14H2,1-10H3;2*5-6,8-9H,2-4,7H2,1H3;/q-2;2*-1;+4/t15?,16?,17-,18-,19+,20+,21-,22-,23+,24+,25?,26?;;;. The van der Waals surface area contributed by atoms with E-state index in [0.717, 1.165) is 72.8 Å². The summed E-state index contributed by atoms with van der Waals surface area (Å²) in [6.07, 6.45) is 7.48. The Labute approximate surface area is 344 Å². The Morgan fingerprint density at radius 1 is 0.500 bits per heavy atom. The fourth-order valence-corrected chi connectivity index (χ4v) is 8.78. The van der Waals surface area contributed by atoms with Crippen molar-refractivity contribution in [3.63, 3.8) is 0 Å². The fourth-order valence-electron chi connectivity index (χ4n) is 8.78. The number of nitrogens with zero attached hydrogens (tertiary/aromatic N) is 2. The number of nitrogens with one attached hydrogen (secondary N) is 1. The predicted octanol–water partition coefficient (Wildman–Crippen LogP) is 12.9. The molecule has 2 fully saturated rings. The van der Waals surface area contributed by atoms with Gasteiger partial charge in [0.2, 0.25) is 0 Å². The van der Waals surface area contributed by atoms with Gasteiger partial charge in [-0.25, -0.2) is 0 Å². The molecule has 0 spiro atoms. The number of hydrogen-bond donors (Lipinski definition) is 1. The summed E-state index contributed by atoms with van der Waals surface area (Å²) in [4.78, 5) is 0. The van der Waals surface area contributed by atoms with Crippen LogP contribution in [-0.2, 0) is 39.0 Å². The summed E-state index contributed by atoms with van der Waals surface area (Å²) in [6.45, 7) is 40.3. The summed E-state index contributed by atoms with van der Waals surface area (Å²) >= 11 is 0. The molecule has 292 valence electrons. The van der Waals surface area contributed by atoms with Gasteiger partial charge in [-0.05, 0) is 61.4 Å². The summed E-state index contributed by atoms with van der Waals surface area (Å²) in [5.74, 6) is 7.51. The second-order valence-corrected chi connectivity index (χ2v) is 17.0. The van der Waals surface area contributed by atoms with E-state index in [9.17, 15) is 0 Å². The van der Waals surface area contributed by atoms with Gasteiger partial charge in [0.05, 0.1) is 0 Å². The molecular weight excluding hydrogens is 710 g/mol. The number of benzene rings is 2. The van der Waals surface area contributed by atoms with Crippen LogP contribution in [0.1, 0.15) is 131 Å². The molecule has 0 amide bonds. The Kier molecular flexibility index (Phi) is 24.4. The van der Waals surface area contributed by atoms with Crippen LogP contribution in [0.2, 0.25) is 0 Å². The Morgan fingerprint density at radius 2 is 0.808 bits per heavy atom. The van der Waals surface area contributed by atoms with Crippen LogP contribution in [0.3, 0.4) is 0 Å². The van der Waals surface area contributed by atoms with Gasteiger partial charge in [-0.15, -0.1) is 48.4 Å².